The van der Waals surface area contributed by atoms with Crippen LogP contribution in [0.1, 0.15) is 21.7 Å². The average molecular weight is 544 g/mol. The number of aromatic amines is 1. The van der Waals surface area contributed by atoms with Crippen LogP contribution in [0.3, 0.4) is 0 Å². The smallest absolute Gasteiger partial charge is 0.287 e. The van der Waals surface area contributed by atoms with Crippen molar-refractivity contribution in [2.24, 2.45) is 0 Å². The van der Waals surface area contributed by atoms with Gasteiger partial charge in [-0.2, -0.15) is 4.31 Å². The number of halogens is 2. The fraction of sp³-hybridized carbons (Fsp3) is 0.381. The Labute approximate surface area is 209 Å². The Balaban J connectivity index is 1.38. The van der Waals surface area contributed by atoms with Crippen LogP contribution in [0.15, 0.2) is 28.4 Å². The third-order valence-electron chi connectivity index (χ3n) is 5.44. The minimum Gasteiger partial charge on any atom is -0.375 e. The number of nitrogens with zero attached hydrogens (tertiary/aromatic N) is 2. The van der Waals surface area contributed by atoms with Gasteiger partial charge in [0.2, 0.25) is 15.8 Å². The highest BCUT2D eigenvalue weighted by atomic mass is 35.5. The van der Waals surface area contributed by atoms with Crippen LogP contribution in [-0.2, 0) is 27.9 Å². The van der Waals surface area contributed by atoms with E-state index in [-0.39, 0.29) is 36.6 Å². The van der Waals surface area contributed by atoms with Gasteiger partial charge in [0, 0.05) is 37.8 Å². The lowest BCUT2D eigenvalue weighted by Crippen LogP contribution is -2.53. The van der Waals surface area contributed by atoms with Crippen molar-refractivity contribution in [3.63, 3.8) is 0 Å². The average Bonchev–Trinajstić information content (AvgIpc) is 3.23. The van der Waals surface area contributed by atoms with E-state index < -0.39 is 27.3 Å². The number of sulfonamides is 1. The molecule has 1 fully saturated rings. The first-order chi connectivity index (χ1) is 16.6. The fourth-order valence-corrected chi connectivity index (χ4v) is 5.66. The molecule has 10 nitrogen and oxygen atoms in total. The lowest BCUT2D eigenvalue weighted by atomic mass is 10.2. The van der Waals surface area contributed by atoms with E-state index in [0.717, 1.165) is 0 Å². The molecule has 1 atom stereocenters. The molecule has 0 radical (unpaired) electrons. The number of rotatable bonds is 8. The van der Waals surface area contributed by atoms with E-state index in [1.54, 1.807) is 5.38 Å². The van der Waals surface area contributed by atoms with Gasteiger partial charge in [-0.3, -0.25) is 9.59 Å². The summed E-state index contributed by atoms with van der Waals surface area (Å²) in [4.78, 5) is 32.3. The van der Waals surface area contributed by atoms with Gasteiger partial charge in [-0.1, -0.05) is 17.7 Å². The molecule has 1 amide bonds. The Hall–Kier alpha value is -2.42. The second-order valence-electron chi connectivity index (χ2n) is 8.07. The number of aromatic nitrogens is 2. The van der Waals surface area contributed by atoms with E-state index in [1.807, 2.05) is 0 Å². The second-order valence-corrected chi connectivity index (χ2v) is 11.3. The van der Waals surface area contributed by atoms with Crippen molar-refractivity contribution in [3.05, 3.63) is 61.7 Å². The topological polar surface area (TPSA) is 133 Å². The molecule has 4 rings (SSSR count). The largest absolute Gasteiger partial charge is 0.375 e. The summed E-state index contributed by atoms with van der Waals surface area (Å²) in [6.45, 7) is 1.75. The first-order valence-corrected chi connectivity index (χ1v) is 13.7. The number of thiophene rings is 1. The predicted octanol–water partition coefficient (Wildman–Crippen LogP) is 1.46. The molecule has 188 valence electrons. The molecule has 1 unspecified atom stereocenters. The SMILES string of the molecule is CS(=O)(=O)N1CCNC(COCc2csc3nc(C(=O)NCc4ccc(F)c(Cl)c4)[nH]c(=O)c23)C1. The van der Waals surface area contributed by atoms with Gasteiger partial charge in [0.1, 0.15) is 10.6 Å². The lowest BCUT2D eigenvalue weighted by molar-refractivity contribution is 0.0863. The Morgan fingerprint density at radius 1 is 1.43 bits per heavy atom. The van der Waals surface area contributed by atoms with E-state index in [1.165, 1.54) is 40.1 Å². The zero-order chi connectivity index (χ0) is 25.2. The molecule has 3 heterocycles. The van der Waals surface area contributed by atoms with Gasteiger partial charge < -0.3 is 20.4 Å². The molecule has 1 aliphatic heterocycles. The second kappa shape index (κ2) is 10.7. The van der Waals surface area contributed by atoms with Gasteiger partial charge >= 0.3 is 0 Å². The normalized spacial score (nSPS) is 17.1. The van der Waals surface area contributed by atoms with Crippen LogP contribution in [0.25, 0.3) is 10.2 Å². The molecule has 35 heavy (non-hydrogen) atoms. The number of piperazine rings is 1. The van der Waals surface area contributed by atoms with Crippen molar-refractivity contribution in [3.8, 4) is 0 Å². The number of H-pyrrole nitrogens is 1. The highest BCUT2D eigenvalue weighted by Gasteiger charge is 2.25. The number of benzene rings is 1. The Kier molecular flexibility index (Phi) is 7.83. The molecular weight excluding hydrogens is 521 g/mol. The van der Waals surface area contributed by atoms with Crippen LogP contribution >= 0.6 is 22.9 Å². The minimum absolute atomic E-state index is 0.0509. The van der Waals surface area contributed by atoms with E-state index in [0.29, 0.717) is 41.0 Å². The molecule has 0 bridgehead atoms. The number of hydrogen-bond acceptors (Lipinski definition) is 8. The van der Waals surface area contributed by atoms with E-state index in [2.05, 4.69) is 20.6 Å². The molecule has 1 saturated heterocycles. The summed E-state index contributed by atoms with van der Waals surface area (Å²) in [5.41, 5.74) is 0.752. The quantitative estimate of drug-likeness (QED) is 0.391. The van der Waals surface area contributed by atoms with Crippen LogP contribution in [0, 0.1) is 5.82 Å². The summed E-state index contributed by atoms with van der Waals surface area (Å²) < 4.78 is 44.0. The van der Waals surface area contributed by atoms with Gasteiger partial charge in [0.25, 0.3) is 11.5 Å². The fourth-order valence-electron chi connectivity index (χ4n) is 3.66. The van der Waals surface area contributed by atoms with Gasteiger partial charge in [0.15, 0.2) is 0 Å². The first-order valence-electron chi connectivity index (χ1n) is 10.6. The van der Waals surface area contributed by atoms with E-state index in [4.69, 9.17) is 16.3 Å². The van der Waals surface area contributed by atoms with E-state index >= 15 is 0 Å². The molecular formula is C21H23ClFN5O5S2. The van der Waals surface area contributed by atoms with Crippen molar-refractivity contribution < 1.29 is 22.3 Å². The number of hydrogen-bond donors (Lipinski definition) is 3. The summed E-state index contributed by atoms with van der Waals surface area (Å²) in [7, 11) is -3.26. The molecule has 0 saturated carbocycles. The zero-order valence-corrected chi connectivity index (χ0v) is 21.0. The lowest BCUT2D eigenvalue weighted by Gasteiger charge is -2.31. The number of ether oxygens (including phenoxy) is 1. The maximum atomic E-state index is 13.3. The van der Waals surface area contributed by atoms with Crippen LogP contribution < -0.4 is 16.2 Å². The Bertz CT molecular complexity index is 1410. The number of carbonyl (C=O) groups is 1. The number of nitrogens with one attached hydrogen (secondary N) is 3. The maximum absolute atomic E-state index is 13.3. The molecule has 3 N–H and O–H groups in total. The van der Waals surface area contributed by atoms with Crippen molar-refractivity contribution in [2.45, 2.75) is 19.2 Å². The van der Waals surface area contributed by atoms with Crippen molar-refractivity contribution in [1.29, 1.82) is 0 Å². The molecule has 0 aliphatic carbocycles. The van der Waals surface area contributed by atoms with Gasteiger partial charge in [-0.25, -0.2) is 17.8 Å². The maximum Gasteiger partial charge on any atom is 0.287 e. The summed E-state index contributed by atoms with van der Waals surface area (Å²) in [6, 6.07) is 3.94. The minimum atomic E-state index is -3.26. The summed E-state index contributed by atoms with van der Waals surface area (Å²) in [5, 5.41) is 7.87. The zero-order valence-electron chi connectivity index (χ0n) is 18.6. The molecule has 0 spiro atoms. The van der Waals surface area contributed by atoms with Crippen molar-refractivity contribution in [1.82, 2.24) is 24.9 Å². The van der Waals surface area contributed by atoms with E-state index in [9.17, 15) is 22.4 Å². The van der Waals surface area contributed by atoms with Crippen LogP contribution in [0.4, 0.5) is 4.39 Å². The number of amides is 1. The van der Waals surface area contributed by atoms with Gasteiger partial charge in [0.05, 0.1) is 29.9 Å². The van der Waals surface area contributed by atoms with Crippen molar-refractivity contribution in [2.75, 3.05) is 32.5 Å². The van der Waals surface area contributed by atoms with Crippen LogP contribution in [0.5, 0.6) is 0 Å². The van der Waals surface area contributed by atoms with Gasteiger partial charge in [-0.05, 0) is 23.1 Å². The highest BCUT2D eigenvalue weighted by molar-refractivity contribution is 7.88. The van der Waals surface area contributed by atoms with Crippen LogP contribution in [0.2, 0.25) is 5.02 Å². The third-order valence-corrected chi connectivity index (χ3v) is 7.92. The Morgan fingerprint density at radius 3 is 2.97 bits per heavy atom. The monoisotopic (exact) mass is 543 g/mol. The predicted molar refractivity (Wildman–Crippen MR) is 131 cm³/mol. The molecule has 1 aliphatic rings. The molecule has 3 aromatic rings. The van der Waals surface area contributed by atoms with Crippen molar-refractivity contribution >= 4 is 49.1 Å². The molecule has 14 heteroatoms. The summed E-state index contributed by atoms with van der Waals surface area (Å²) in [5.74, 6) is -1.28. The molecule has 1 aromatic carbocycles. The number of fused-ring (bicyclic) bond motifs is 1. The third kappa shape index (κ3) is 6.23. The highest BCUT2D eigenvalue weighted by Crippen LogP contribution is 2.22. The Morgan fingerprint density at radius 2 is 2.23 bits per heavy atom. The molecule has 2 aromatic heterocycles. The first kappa shape index (κ1) is 25.7. The van der Waals surface area contributed by atoms with Crippen LogP contribution in [-0.4, -0.2) is 67.1 Å². The summed E-state index contributed by atoms with van der Waals surface area (Å²) in [6.07, 6.45) is 1.18. The standard InChI is InChI=1S/C21H23ClFN5O5S2/c1-35(31,32)28-5-4-24-14(8-28)10-33-9-13-11-34-21-17(13)19(29)26-18(27-21)20(30)25-7-12-2-3-16(23)15(22)6-12/h2-3,6,11,14,24H,4-5,7-10H2,1H3,(H,25,30)(H,26,27,29). The van der Waals surface area contributed by atoms with Gasteiger partial charge in [-0.15, -0.1) is 11.3 Å². The summed E-state index contributed by atoms with van der Waals surface area (Å²) >= 11 is 6.97. The number of carbonyl (C=O) groups excluding carboxylic acids is 1.